The minimum Gasteiger partial charge on any atom is -0.489 e. The molecule has 0 radical (unpaired) electrons. The second kappa shape index (κ2) is 8.41. The first-order chi connectivity index (χ1) is 12.1. The topological polar surface area (TPSA) is 21.3 Å². The van der Waals surface area contributed by atoms with Gasteiger partial charge < -0.3 is 10.1 Å². The van der Waals surface area contributed by atoms with Crippen LogP contribution in [0.5, 0.6) is 5.75 Å². The van der Waals surface area contributed by atoms with E-state index < -0.39 is 0 Å². The molecule has 0 bridgehead atoms. The highest BCUT2D eigenvalue weighted by Gasteiger charge is 2.01. The molecule has 0 fully saturated rings. The Bertz CT molecular complexity index is 849. The average molecular weight is 417 g/mol. The Morgan fingerprint density at radius 3 is 2.48 bits per heavy atom. The maximum Gasteiger partial charge on any atom is 0.119 e. The Morgan fingerprint density at radius 2 is 1.76 bits per heavy atom. The molecular formula is C21H19BrClNO. The zero-order valence-electron chi connectivity index (χ0n) is 13.9. The van der Waals surface area contributed by atoms with Crippen LogP contribution in [-0.2, 0) is 13.2 Å². The summed E-state index contributed by atoms with van der Waals surface area (Å²) in [6.07, 6.45) is 0. The fourth-order valence-corrected chi connectivity index (χ4v) is 3.21. The highest BCUT2D eigenvalue weighted by Crippen LogP contribution is 2.21. The summed E-state index contributed by atoms with van der Waals surface area (Å²) < 4.78 is 6.91. The number of halogens is 2. The molecule has 0 atom stereocenters. The van der Waals surface area contributed by atoms with E-state index >= 15 is 0 Å². The van der Waals surface area contributed by atoms with E-state index in [2.05, 4.69) is 52.4 Å². The normalized spacial score (nSPS) is 10.5. The molecule has 0 saturated heterocycles. The van der Waals surface area contributed by atoms with Gasteiger partial charge in [-0.1, -0.05) is 51.8 Å². The van der Waals surface area contributed by atoms with E-state index in [0.717, 1.165) is 33.0 Å². The van der Waals surface area contributed by atoms with Crippen LogP contribution in [0.4, 0.5) is 5.69 Å². The minimum atomic E-state index is 0.510. The van der Waals surface area contributed by atoms with Crippen LogP contribution in [0.25, 0.3) is 0 Å². The third-order valence-corrected chi connectivity index (χ3v) is 4.62. The summed E-state index contributed by atoms with van der Waals surface area (Å²) in [5.41, 5.74) is 4.63. The van der Waals surface area contributed by atoms with E-state index in [0.29, 0.717) is 6.61 Å². The van der Waals surface area contributed by atoms with Gasteiger partial charge in [-0.05, 0) is 66.1 Å². The molecule has 0 amide bonds. The SMILES string of the molecule is Cc1cc(Br)ccc1NCc1ccc(OCc2cccc(Cl)c2)cc1. The lowest BCUT2D eigenvalue weighted by Crippen LogP contribution is -2.01. The summed E-state index contributed by atoms with van der Waals surface area (Å²) in [5, 5.41) is 4.19. The minimum absolute atomic E-state index is 0.510. The molecule has 0 saturated carbocycles. The van der Waals surface area contributed by atoms with Gasteiger partial charge in [0.05, 0.1) is 0 Å². The second-order valence-corrected chi connectivity index (χ2v) is 7.23. The monoisotopic (exact) mass is 415 g/mol. The summed E-state index contributed by atoms with van der Waals surface area (Å²) in [6, 6.07) is 22.1. The van der Waals surface area contributed by atoms with Crippen molar-refractivity contribution in [2.45, 2.75) is 20.1 Å². The molecular weight excluding hydrogens is 398 g/mol. The van der Waals surface area contributed by atoms with Crippen LogP contribution in [0.2, 0.25) is 5.02 Å². The van der Waals surface area contributed by atoms with Crippen molar-refractivity contribution in [3.05, 3.63) is 92.9 Å². The summed E-state index contributed by atoms with van der Waals surface area (Å²) in [4.78, 5) is 0. The van der Waals surface area contributed by atoms with E-state index in [9.17, 15) is 0 Å². The van der Waals surface area contributed by atoms with Crippen LogP contribution in [0, 0.1) is 6.92 Å². The number of ether oxygens (including phenoxy) is 1. The van der Waals surface area contributed by atoms with Crippen molar-refractivity contribution in [3.8, 4) is 5.75 Å². The molecule has 2 nitrogen and oxygen atoms in total. The van der Waals surface area contributed by atoms with Crippen LogP contribution in [0.15, 0.2) is 71.2 Å². The molecule has 0 aromatic heterocycles. The molecule has 0 aliphatic rings. The van der Waals surface area contributed by atoms with Crippen molar-refractivity contribution in [3.63, 3.8) is 0 Å². The average Bonchev–Trinajstić information content (AvgIpc) is 2.60. The van der Waals surface area contributed by atoms with Gasteiger partial charge in [-0.25, -0.2) is 0 Å². The molecule has 25 heavy (non-hydrogen) atoms. The standard InChI is InChI=1S/C21H19BrClNO/c1-15-11-18(22)7-10-21(15)24-13-16-5-8-20(9-6-16)25-14-17-3-2-4-19(23)12-17/h2-12,24H,13-14H2,1H3. The van der Waals surface area contributed by atoms with Gasteiger partial charge in [0.2, 0.25) is 0 Å². The smallest absolute Gasteiger partial charge is 0.119 e. The predicted molar refractivity (Wildman–Crippen MR) is 108 cm³/mol. The van der Waals surface area contributed by atoms with E-state index in [1.54, 1.807) is 0 Å². The van der Waals surface area contributed by atoms with Crippen molar-refractivity contribution in [1.82, 2.24) is 0 Å². The maximum atomic E-state index is 5.99. The molecule has 0 spiro atoms. The number of aryl methyl sites for hydroxylation is 1. The van der Waals surface area contributed by atoms with Crippen LogP contribution < -0.4 is 10.1 Å². The van der Waals surface area contributed by atoms with Gasteiger partial charge in [-0.3, -0.25) is 0 Å². The number of anilines is 1. The number of nitrogens with one attached hydrogen (secondary N) is 1. The molecule has 3 aromatic rings. The lowest BCUT2D eigenvalue weighted by molar-refractivity contribution is 0.306. The molecule has 1 N–H and O–H groups in total. The molecule has 0 unspecified atom stereocenters. The summed E-state index contributed by atoms with van der Waals surface area (Å²) >= 11 is 9.47. The van der Waals surface area contributed by atoms with Gasteiger partial charge in [0.15, 0.2) is 0 Å². The van der Waals surface area contributed by atoms with Crippen molar-refractivity contribution in [2.75, 3.05) is 5.32 Å². The Labute approximate surface area is 161 Å². The number of hydrogen-bond acceptors (Lipinski definition) is 2. The first-order valence-electron chi connectivity index (χ1n) is 8.06. The quantitative estimate of drug-likeness (QED) is 0.488. The third kappa shape index (κ3) is 5.25. The Balaban J connectivity index is 1.55. The van der Waals surface area contributed by atoms with Crippen molar-refractivity contribution >= 4 is 33.2 Å². The molecule has 0 heterocycles. The fraction of sp³-hybridized carbons (Fsp3) is 0.143. The van der Waals surface area contributed by atoms with E-state index in [4.69, 9.17) is 16.3 Å². The Hall–Kier alpha value is -1.97. The van der Waals surface area contributed by atoms with Gasteiger partial charge in [0, 0.05) is 21.7 Å². The maximum absolute atomic E-state index is 5.99. The van der Waals surface area contributed by atoms with Crippen LogP contribution in [-0.4, -0.2) is 0 Å². The lowest BCUT2D eigenvalue weighted by atomic mass is 10.1. The third-order valence-electron chi connectivity index (χ3n) is 3.89. The fourth-order valence-electron chi connectivity index (χ4n) is 2.52. The molecule has 4 heteroatoms. The molecule has 0 aliphatic carbocycles. The molecule has 0 aliphatic heterocycles. The van der Waals surface area contributed by atoms with Crippen molar-refractivity contribution in [1.29, 1.82) is 0 Å². The van der Waals surface area contributed by atoms with Crippen LogP contribution in [0.1, 0.15) is 16.7 Å². The molecule has 3 aromatic carbocycles. The highest BCUT2D eigenvalue weighted by molar-refractivity contribution is 9.10. The van der Waals surface area contributed by atoms with Crippen LogP contribution in [0.3, 0.4) is 0 Å². The zero-order chi connectivity index (χ0) is 17.6. The van der Waals surface area contributed by atoms with Crippen molar-refractivity contribution < 1.29 is 4.74 Å². The van der Waals surface area contributed by atoms with Gasteiger partial charge in [-0.2, -0.15) is 0 Å². The van der Waals surface area contributed by atoms with Gasteiger partial charge in [-0.15, -0.1) is 0 Å². The number of hydrogen-bond donors (Lipinski definition) is 1. The van der Waals surface area contributed by atoms with E-state index in [1.807, 2.05) is 42.5 Å². The number of benzene rings is 3. The van der Waals surface area contributed by atoms with Gasteiger partial charge in [0.1, 0.15) is 12.4 Å². The highest BCUT2D eigenvalue weighted by atomic mass is 79.9. The van der Waals surface area contributed by atoms with Crippen LogP contribution >= 0.6 is 27.5 Å². The Morgan fingerprint density at radius 1 is 0.960 bits per heavy atom. The van der Waals surface area contributed by atoms with E-state index in [1.165, 1.54) is 11.1 Å². The summed E-state index contributed by atoms with van der Waals surface area (Å²) in [7, 11) is 0. The summed E-state index contributed by atoms with van der Waals surface area (Å²) in [5.74, 6) is 0.851. The Kier molecular flexibility index (Phi) is 6.00. The van der Waals surface area contributed by atoms with Gasteiger partial charge in [0.25, 0.3) is 0 Å². The molecule has 128 valence electrons. The van der Waals surface area contributed by atoms with Crippen molar-refractivity contribution in [2.24, 2.45) is 0 Å². The number of rotatable bonds is 6. The van der Waals surface area contributed by atoms with Gasteiger partial charge >= 0.3 is 0 Å². The lowest BCUT2D eigenvalue weighted by Gasteiger charge is -2.11. The molecule has 3 rings (SSSR count). The summed E-state index contributed by atoms with van der Waals surface area (Å²) in [6.45, 7) is 3.38. The largest absolute Gasteiger partial charge is 0.489 e. The first-order valence-corrected chi connectivity index (χ1v) is 9.23. The predicted octanol–water partition coefficient (Wildman–Crippen LogP) is 6.60. The zero-order valence-corrected chi connectivity index (χ0v) is 16.3. The first kappa shape index (κ1) is 17.8. The van der Waals surface area contributed by atoms with E-state index in [-0.39, 0.29) is 0 Å². The second-order valence-electron chi connectivity index (χ2n) is 5.88.